The zero-order valence-electron chi connectivity index (χ0n) is 16.8. The van der Waals surface area contributed by atoms with Gasteiger partial charge < -0.3 is 14.7 Å². The number of hydrogen-bond acceptors (Lipinski definition) is 3. The van der Waals surface area contributed by atoms with E-state index >= 15 is 0 Å². The Balaban J connectivity index is 1.46. The Labute approximate surface area is 176 Å². The lowest BCUT2D eigenvalue weighted by Gasteiger charge is -2.38. The maximum Gasteiger partial charge on any atom is 0.228 e. The van der Waals surface area contributed by atoms with Crippen molar-refractivity contribution in [2.75, 3.05) is 38.1 Å². The average molecular weight is 412 g/mol. The van der Waals surface area contributed by atoms with Gasteiger partial charge in [-0.05, 0) is 36.8 Å². The van der Waals surface area contributed by atoms with Crippen LogP contribution in [0.3, 0.4) is 0 Å². The summed E-state index contributed by atoms with van der Waals surface area (Å²) >= 11 is 5.98. The third-order valence-corrected chi connectivity index (χ3v) is 6.36. The maximum absolute atomic E-state index is 13.3. The summed E-state index contributed by atoms with van der Waals surface area (Å²) in [6, 6.07) is 15.8. The van der Waals surface area contributed by atoms with E-state index in [9.17, 15) is 9.59 Å². The molecular formula is C23H26ClN3O2. The number of halogens is 1. The Bertz CT molecular complexity index is 889. The molecule has 2 fully saturated rings. The molecule has 0 saturated carbocycles. The zero-order valence-corrected chi connectivity index (χ0v) is 17.6. The molecule has 152 valence electrons. The van der Waals surface area contributed by atoms with Crippen LogP contribution in [0.15, 0.2) is 48.5 Å². The number of carbonyl (C=O) groups is 2. The highest BCUT2D eigenvalue weighted by atomic mass is 35.5. The van der Waals surface area contributed by atoms with Crippen LogP contribution in [0.25, 0.3) is 0 Å². The van der Waals surface area contributed by atoms with Crippen molar-refractivity contribution in [3.05, 3.63) is 64.7 Å². The van der Waals surface area contributed by atoms with Crippen LogP contribution in [0, 0.1) is 12.8 Å². The summed E-state index contributed by atoms with van der Waals surface area (Å²) in [4.78, 5) is 31.7. The van der Waals surface area contributed by atoms with E-state index in [1.165, 1.54) is 5.56 Å². The predicted octanol–water partition coefficient (Wildman–Crippen LogP) is 3.52. The van der Waals surface area contributed by atoms with Crippen LogP contribution in [0.4, 0.5) is 5.69 Å². The lowest BCUT2D eigenvalue weighted by Crippen LogP contribution is -2.51. The van der Waals surface area contributed by atoms with Crippen molar-refractivity contribution in [1.82, 2.24) is 9.80 Å². The third-order valence-electron chi connectivity index (χ3n) is 6.11. The minimum atomic E-state index is -0.322. The number of anilines is 1. The van der Waals surface area contributed by atoms with Crippen LogP contribution in [-0.4, -0.2) is 54.8 Å². The standard InChI is InChI=1S/C23H26ClN3O2/c1-16-3-5-17(6-4-16)22-20(15-21(28)25(22)2)23(29)27-13-11-26(12-14-27)19-9-7-18(24)8-10-19/h3-10,20,22H,11-15H2,1-2H3. The van der Waals surface area contributed by atoms with Gasteiger partial charge in [-0.15, -0.1) is 0 Å². The fraction of sp³-hybridized carbons (Fsp3) is 0.391. The van der Waals surface area contributed by atoms with Crippen molar-refractivity contribution >= 4 is 29.1 Å². The number of amides is 2. The van der Waals surface area contributed by atoms with Crippen molar-refractivity contribution in [2.24, 2.45) is 5.92 Å². The van der Waals surface area contributed by atoms with Crippen LogP contribution in [0.1, 0.15) is 23.6 Å². The molecule has 2 heterocycles. The molecule has 2 atom stereocenters. The summed E-state index contributed by atoms with van der Waals surface area (Å²) in [5.74, 6) is -0.199. The van der Waals surface area contributed by atoms with Crippen LogP contribution < -0.4 is 4.90 Å². The van der Waals surface area contributed by atoms with Gasteiger partial charge in [0.1, 0.15) is 0 Å². The zero-order chi connectivity index (χ0) is 20.5. The number of aryl methyl sites for hydroxylation is 1. The van der Waals surface area contributed by atoms with Gasteiger partial charge in [-0.25, -0.2) is 0 Å². The van der Waals surface area contributed by atoms with Gasteiger partial charge in [-0.3, -0.25) is 9.59 Å². The summed E-state index contributed by atoms with van der Waals surface area (Å²) in [6.45, 7) is 4.92. The van der Waals surface area contributed by atoms with Gasteiger partial charge in [0, 0.05) is 50.4 Å². The molecular weight excluding hydrogens is 386 g/mol. The second-order valence-electron chi connectivity index (χ2n) is 7.96. The summed E-state index contributed by atoms with van der Waals surface area (Å²) in [5.41, 5.74) is 3.32. The number of likely N-dealkylation sites (tertiary alicyclic amines) is 1. The van der Waals surface area contributed by atoms with Crippen LogP contribution in [0.2, 0.25) is 5.02 Å². The van der Waals surface area contributed by atoms with Gasteiger partial charge in [-0.1, -0.05) is 41.4 Å². The first-order valence-corrected chi connectivity index (χ1v) is 10.4. The van der Waals surface area contributed by atoms with Crippen molar-refractivity contribution < 1.29 is 9.59 Å². The summed E-state index contributed by atoms with van der Waals surface area (Å²) < 4.78 is 0. The third kappa shape index (κ3) is 3.97. The van der Waals surface area contributed by atoms with E-state index in [4.69, 9.17) is 11.6 Å². The Kier molecular flexibility index (Phi) is 5.50. The number of piperazine rings is 1. The monoisotopic (exact) mass is 411 g/mol. The number of nitrogens with zero attached hydrogens (tertiary/aromatic N) is 3. The Morgan fingerprint density at radius 1 is 0.966 bits per heavy atom. The minimum absolute atomic E-state index is 0.0359. The molecule has 29 heavy (non-hydrogen) atoms. The highest BCUT2D eigenvalue weighted by molar-refractivity contribution is 6.30. The van der Waals surface area contributed by atoms with Crippen LogP contribution >= 0.6 is 11.6 Å². The van der Waals surface area contributed by atoms with E-state index < -0.39 is 0 Å². The molecule has 2 unspecified atom stereocenters. The van der Waals surface area contributed by atoms with Gasteiger partial charge in [0.05, 0.1) is 12.0 Å². The first kappa shape index (κ1) is 19.8. The number of rotatable bonds is 3. The highest BCUT2D eigenvalue weighted by Crippen LogP contribution is 2.38. The lowest BCUT2D eigenvalue weighted by atomic mass is 9.91. The largest absolute Gasteiger partial charge is 0.368 e. The second-order valence-corrected chi connectivity index (χ2v) is 8.40. The molecule has 2 aromatic carbocycles. The maximum atomic E-state index is 13.3. The normalized spacial score (nSPS) is 22.3. The topological polar surface area (TPSA) is 43.9 Å². The smallest absolute Gasteiger partial charge is 0.228 e. The van der Waals surface area contributed by atoms with Gasteiger partial charge in [-0.2, -0.15) is 0 Å². The fourth-order valence-electron chi connectivity index (χ4n) is 4.38. The Hall–Kier alpha value is -2.53. The van der Waals surface area contributed by atoms with Crippen LogP contribution in [-0.2, 0) is 9.59 Å². The van der Waals surface area contributed by atoms with Crippen molar-refractivity contribution in [1.29, 1.82) is 0 Å². The number of carbonyl (C=O) groups excluding carboxylic acids is 2. The van der Waals surface area contributed by atoms with Gasteiger partial charge in [0.25, 0.3) is 0 Å². The van der Waals surface area contributed by atoms with Crippen molar-refractivity contribution in [3.63, 3.8) is 0 Å². The molecule has 0 radical (unpaired) electrons. The summed E-state index contributed by atoms with van der Waals surface area (Å²) in [7, 11) is 1.80. The predicted molar refractivity (Wildman–Crippen MR) is 115 cm³/mol. The number of hydrogen-bond donors (Lipinski definition) is 0. The van der Waals surface area contributed by atoms with E-state index in [0.29, 0.717) is 13.1 Å². The molecule has 2 amide bonds. The molecule has 2 saturated heterocycles. The van der Waals surface area contributed by atoms with Gasteiger partial charge in [0.15, 0.2) is 0 Å². The van der Waals surface area contributed by atoms with Gasteiger partial charge in [0.2, 0.25) is 11.8 Å². The quantitative estimate of drug-likeness (QED) is 0.776. The molecule has 6 heteroatoms. The van der Waals surface area contributed by atoms with Crippen molar-refractivity contribution in [2.45, 2.75) is 19.4 Å². The Morgan fingerprint density at radius 3 is 2.21 bits per heavy atom. The molecule has 2 aliphatic heterocycles. The summed E-state index contributed by atoms with van der Waals surface area (Å²) in [6.07, 6.45) is 0.283. The molecule has 5 nitrogen and oxygen atoms in total. The lowest BCUT2D eigenvalue weighted by molar-refractivity contribution is -0.136. The first-order valence-electron chi connectivity index (χ1n) is 10.1. The molecule has 0 aliphatic carbocycles. The minimum Gasteiger partial charge on any atom is -0.368 e. The van der Waals surface area contributed by atoms with Crippen molar-refractivity contribution in [3.8, 4) is 0 Å². The molecule has 0 spiro atoms. The first-order chi connectivity index (χ1) is 13.9. The van der Waals surface area contributed by atoms with E-state index in [-0.39, 0.29) is 30.2 Å². The molecule has 4 rings (SSSR count). The fourth-order valence-corrected chi connectivity index (χ4v) is 4.51. The summed E-state index contributed by atoms with van der Waals surface area (Å²) in [5, 5.41) is 0.722. The van der Waals surface area contributed by atoms with E-state index in [1.54, 1.807) is 11.9 Å². The second kappa shape index (κ2) is 8.07. The van der Waals surface area contributed by atoms with Crippen LogP contribution in [0.5, 0.6) is 0 Å². The van der Waals surface area contributed by atoms with E-state index in [2.05, 4.69) is 4.90 Å². The number of benzene rings is 2. The van der Waals surface area contributed by atoms with Gasteiger partial charge >= 0.3 is 0 Å². The molecule has 0 bridgehead atoms. The SMILES string of the molecule is Cc1ccc(C2C(C(=O)N3CCN(c4ccc(Cl)cc4)CC3)CC(=O)N2C)cc1. The molecule has 0 N–H and O–H groups in total. The highest BCUT2D eigenvalue weighted by Gasteiger charge is 2.44. The Morgan fingerprint density at radius 2 is 1.59 bits per heavy atom. The van der Waals surface area contributed by atoms with E-state index in [1.807, 2.05) is 60.4 Å². The van der Waals surface area contributed by atoms with E-state index in [0.717, 1.165) is 29.4 Å². The average Bonchev–Trinajstić information content (AvgIpc) is 3.03. The molecule has 2 aliphatic rings. The molecule has 0 aromatic heterocycles. The molecule has 2 aromatic rings.